The van der Waals surface area contributed by atoms with E-state index in [1.807, 2.05) is 37.5 Å². The molecule has 0 unspecified atom stereocenters. The molecule has 3 rings (SSSR count). The number of hydrogen-bond acceptors (Lipinski definition) is 4. The van der Waals surface area contributed by atoms with Crippen LogP contribution in [0.4, 0.5) is 0 Å². The Morgan fingerprint density at radius 1 is 1.10 bits per heavy atom. The third-order valence-corrected chi connectivity index (χ3v) is 5.20. The average Bonchev–Trinajstić information content (AvgIpc) is 3.00. The molecule has 0 atom stereocenters. The van der Waals surface area contributed by atoms with Crippen LogP contribution >= 0.6 is 11.6 Å². The van der Waals surface area contributed by atoms with Gasteiger partial charge < -0.3 is 14.4 Å². The lowest BCUT2D eigenvalue weighted by atomic mass is 10.1. The number of methoxy groups -OCH3 is 1. The fraction of sp³-hybridized carbons (Fsp3) is 0.174. The highest BCUT2D eigenvalue weighted by atomic mass is 35.5. The van der Waals surface area contributed by atoms with E-state index in [4.69, 9.17) is 21.4 Å². The summed E-state index contributed by atoms with van der Waals surface area (Å²) in [6.45, 7) is 5.73. The number of aryl methyl sites for hydroxylation is 2. The third kappa shape index (κ3) is 4.62. The lowest BCUT2D eigenvalue weighted by Gasteiger charge is -2.11. The Kier molecular flexibility index (Phi) is 6.46. The van der Waals surface area contributed by atoms with Gasteiger partial charge in [0.25, 0.3) is 5.91 Å². The van der Waals surface area contributed by atoms with Crippen molar-refractivity contribution in [3.8, 4) is 11.4 Å². The van der Waals surface area contributed by atoms with E-state index in [0.29, 0.717) is 11.3 Å². The maximum atomic E-state index is 12.5. The lowest BCUT2D eigenvalue weighted by Crippen LogP contribution is -2.18. The summed E-state index contributed by atoms with van der Waals surface area (Å²) in [6, 6.07) is 12.0. The Morgan fingerprint density at radius 2 is 1.81 bits per heavy atom. The van der Waals surface area contributed by atoms with Crippen LogP contribution in [0.15, 0.2) is 47.6 Å². The molecule has 160 valence electrons. The third-order valence-electron chi connectivity index (χ3n) is 4.88. The molecule has 0 spiro atoms. The SMILES string of the molecule is COc1cc(C)ccc1C(=O)N/N=C\c1cc(C)n(-c2ccc(C(=O)O)c(Cl)c2)c1C. The molecule has 7 nitrogen and oxygen atoms in total. The number of ether oxygens (including phenoxy) is 1. The lowest BCUT2D eigenvalue weighted by molar-refractivity contribution is 0.0696. The van der Waals surface area contributed by atoms with Gasteiger partial charge in [-0.3, -0.25) is 4.79 Å². The number of benzene rings is 2. The smallest absolute Gasteiger partial charge is 0.337 e. The second-order valence-electron chi connectivity index (χ2n) is 7.03. The topological polar surface area (TPSA) is 92.9 Å². The quantitative estimate of drug-likeness (QED) is 0.436. The van der Waals surface area contributed by atoms with Gasteiger partial charge in [-0.2, -0.15) is 5.10 Å². The molecule has 8 heteroatoms. The first-order valence-electron chi connectivity index (χ1n) is 9.43. The number of nitrogens with zero attached hydrogens (tertiary/aromatic N) is 2. The number of carbonyl (C=O) groups is 2. The predicted molar refractivity (Wildman–Crippen MR) is 120 cm³/mol. The first kappa shape index (κ1) is 22.1. The van der Waals surface area contributed by atoms with Gasteiger partial charge >= 0.3 is 5.97 Å². The van der Waals surface area contributed by atoms with Crippen molar-refractivity contribution in [1.29, 1.82) is 0 Å². The molecule has 31 heavy (non-hydrogen) atoms. The van der Waals surface area contributed by atoms with Crippen molar-refractivity contribution >= 4 is 29.7 Å². The molecule has 0 aliphatic carbocycles. The second-order valence-corrected chi connectivity index (χ2v) is 7.44. The number of carboxylic acid groups (broad SMARTS) is 1. The number of carboxylic acids is 1. The van der Waals surface area contributed by atoms with Crippen molar-refractivity contribution in [2.75, 3.05) is 7.11 Å². The van der Waals surface area contributed by atoms with Crippen LogP contribution in [0.5, 0.6) is 5.75 Å². The van der Waals surface area contributed by atoms with E-state index < -0.39 is 5.97 Å². The average molecular weight is 440 g/mol. The number of hydrazone groups is 1. The zero-order valence-corrected chi connectivity index (χ0v) is 18.3. The minimum Gasteiger partial charge on any atom is -0.496 e. The Bertz CT molecular complexity index is 1200. The van der Waals surface area contributed by atoms with Crippen LogP contribution in [0.2, 0.25) is 5.02 Å². The van der Waals surface area contributed by atoms with Gasteiger partial charge in [0.15, 0.2) is 0 Å². The largest absolute Gasteiger partial charge is 0.496 e. The van der Waals surface area contributed by atoms with Crippen LogP contribution in [0.3, 0.4) is 0 Å². The number of aromatic carboxylic acids is 1. The fourth-order valence-electron chi connectivity index (χ4n) is 3.34. The number of nitrogens with one attached hydrogen (secondary N) is 1. The van der Waals surface area contributed by atoms with Crippen LogP contribution in [0.25, 0.3) is 5.69 Å². The number of rotatable bonds is 6. The molecule has 1 heterocycles. The summed E-state index contributed by atoms with van der Waals surface area (Å²) in [7, 11) is 1.51. The van der Waals surface area contributed by atoms with Gasteiger partial charge in [-0.25, -0.2) is 10.2 Å². The van der Waals surface area contributed by atoms with Crippen LogP contribution in [0.1, 0.15) is 43.2 Å². The zero-order chi connectivity index (χ0) is 22.7. The summed E-state index contributed by atoms with van der Waals surface area (Å²) in [5, 5.41) is 13.4. The van der Waals surface area contributed by atoms with Crippen LogP contribution in [-0.2, 0) is 0 Å². The first-order chi connectivity index (χ1) is 14.7. The summed E-state index contributed by atoms with van der Waals surface area (Å²) >= 11 is 6.12. The van der Waals surface area contributed by atoms with Crippen molar-refractivity contribution in [2.45, 2.75) is 20.8 Å². The van der Waals surface area contributed by atoms with E-state index in [1.165, 1.54) is 13.2 Å². The Labute approximate surface area is 184 Å². The molecule has 2 N–H and O–H groups in total. The second kappa shape index (κ2) is 9.06. The summed E-state index contributed by atoms with van der Waals surface area (Å²) in [5.41, 5.74) is 7.25. The monoisotopic (exact) mass is 439 g/mol. The molecule has 3 aromatic rings. The Morgan fingerprint density at radius 3 is 2.45 bits per heavy atom. The molecule has 0 saturated heterocycles. The molecular weight excluding hydrogens is 418 g/mol. The Hall–Kier alpha value is -3.58. The van der Waals surface area contributed by atoms with Gasteiger partial charge in [0, 0.05) is 22.6 Å². The summed E-state index contributed by atoms with van der Waals surface area (Å²) < 4.78 is 7.20. The minimum atomic E-state index is -1.08. The van der Waals surface area contributed by atoms with E-state index in [2.05, 4.69) is 10.5 Å². The van der Waals surface area contributed by atoms with E-state index in [9.17, 15) is 9.59 Å². The maximum absolute atomic E-state index is 12.5. The number of amides is 1. The highest BCUT2D eigenvalue weighted by Crippen LogP contribution is 2.25. The molecule has 0 aliphatic rings. The molecule has 0 radical (unpaired) electrons. The minimum absolute atomic E-state index is 0.0453. The maximum Gasteiger partial charge on any atom is 0.337 e. The standard InChI is InChI=1S/C23H22ClN3O4/c1-13-5-7-19(21(9-13)31-4)22(28)26-25-12-16-10-14(2)27(15(16)3)17-6-8-18(23(29)30)20(24)11-17/h5-12H,1-4H3,(H,26,28)(H,29,30)/b25-12-. The van der Waals surface area contributed by atoms with E-state index in [-0.39, 0.29) is 16.5 Å². The molecule has 0 saturated carbocycles. The molecule has 2 aromatic carbocycles. The molecule has 0 bridgehead atoms. The predicted octanol–water partition coefficient (Wildman–Crippen LogP) is 4.53. The van der Waals surface area contributed by atoms with Gasteiger partial charge in [-0.05, 0) is 62.7 Å². The van der Waals surface area contributed by atoms with E-state index >= 15 is 0 Å². The Balaban J connectivity index is 1.83. The van der Waals surface area contributed by atoms with Gasteiger partial charge in [0.05, 0.1) is 29.5 Å². The highest BCUT2D eigenvalue weighted by Gasteiger charge is 2.14. The van der Waals surface area contributed by atoms with Crippen molar-refractivity contribution in [3.63, 3.8) is 0 Å². The van der Waals surface area contributed by atoms with Crippen molar-refractivity contribution in [3.05, 3.63) is 81.1 Å². The summed E-state index contributed by atoms with van der Waals surface area (Å²) in [6.07, 6.45) is 1.56. The van der Waals surface area contributed by atoms with Gasteiger partial charge in [0.2, 0.25) is 0 Å². The van der Waals surface area contributed by atoms with E-state index in [0.717, 1.165) is 28.2 Å². The molecular formula is C23H22ClN3O4. The first-order valence-corrected chi connectivity index (χ1v) is 9.81. The summed E-state index contributed by atoms with van der Waals surface area (Å²) in [5.74, 6) is -0.975. The highest BCUT2D eigenvalue weighted by molar-refractivity contribution is 6.33. The molecule has 1 aromatic heterocycles. The van der Waals surface area contributed by atoms with Crippen LogP contribution in [0, 0.1) is 20.8 Å². The molecule has 0 fully saturated rings. The number of aromatic nitrogens is 1. The van der Waals surface area contributed by atoms with E-state index in [1.54, 1.807) is 30.5 Å². The number of halogens is 1. The molecule has 1 amide bonds. The van der Waals surface area contributed by atoms with Crippen molar-refractivity contribution in [2.24, 2.45) is 5.10 Å². The van der Waals surface area contributed by atoms with Crippen molar-refractivity contribution in [1.82, 2.24) is 9.99 Å². The van der Waals surface area contributed by atoms with Crippen molar-refractivity contribution < 1.29 is 19.4 Å². The number of carbonyl (C=O) groups excluding carboxylic acids is 1. The van der Waals surface area contributed by atoms with Crippen LogP contribution in [-0.4, -0.2) is 34.9 Å². The summed E-state index contributed by atoms with van der Waals surface area (Å²) in [4.78, 5) is 23.6. The normalized spacial score (nSPS) is 11.0. The van der Waals surface area contributed by atoms with Gasteiger partial charge in [0.1, 0.15) is 5.75 Å². The fourth-order valence-corrected chi connectivity index (χ4v) is 3.59. The zero-order valence-electron chi connectivity index (χ0n) is 17.6. The molecule has 0 aliphatic heterocycles. The van der Waals surface area contributed by atoms with Gasteiger partial charge in [-0.1, -0.05) is 17.7 Å². The van der Waals surface area contributed by atoms with Crippen LogP contribution < -0.4 is 10.2 Å². The van der Waals surface area contributed by atoms with Gasteiger partial charge in [-0.15, -0.1) is 0 Å². The number of hydrogen-bond donors (Lipinski definition) is 2.